The number of methoxy groups -OCH3 is 1. The Balaban J connectivity index is 2.18. The number of aromatic nitrogens is 1. The lowest BCUT2D eigenvalue weighted by Gasteiger charge is -2.22. The van der Waals surface area contributed by atoms with Gasteiger partial charge in [-0.15, -0.1) is 0 Å². The van der Waals surface area contributed by atoms with Crippen molar-refractivity contribution >= 4 is 16.0 Å². The topological polar surface area (TPSA) is 80.6 Å². The second kappa shape index (κ2) is 7.02. The summed E-state index contributed by atoms with van der Waals surface area (Å²) < 4.78 is 34.1. The van der Waals surface area contributed by atoms with Crippen LogP contribution in [-0.2, 0) is 21.8 Å². The third-order valence-electron chi connectivity index (χ3n) is 4.59. The van der Waals surface area contributed by atoms with Crippen LogP contribution < -0.4 is 4.72 Å². The normalized spacial score (nSPS) is 19.2. The third kappa shape index (κ3) is 3.59. The predicted octanol–water partition coefficient (Wildman–Crippen LogP) is 0.883. The summed E-state index contributed by atoms with van der Waals surface area (Å²) in [5.74, 6) is -0.551. The van der Waals surface area contributed by atoms with Gasteiger partial charge in [0.2, 0.25) is 10.0 Å². The molecule has 7 nitrogen and oxygen atoms in total. The molecule has 1 aliphatic rings. The SMILES string of the molecule is CCN1CCC[C@@H]1CNS(=O)(=O)c1cc(C(=O)OC)n(C)c1C. The molecule has 1 N–H and O–H groups in total. The molecule has 1 aliphatic heterocycles. The van der Waals surface area contributed by atoms with E-state index in [4.69, 9.17) is 0 Å². The summed E-state index contributed by atoms with van der Waals surface area (Å²) in [7, 11) is -0.735. The Bertz CT molecular complexity index is 681. The van der Waals surface area contributed by atoms with Crippen LogP contribution in [0.4, 0.5) is 0 Å². The van der Waals surface area contributed by atoms with E-state index in [1.807, 2.05) is 0 Å². The molecule has 0 aromatic carbocycles. The minimum absolute atomic E-state index is 0.126. The van der Waals surface area contributed by atoms with Crippen molar-refractivity contribution in [3.8, 4) is 0 Å². The Morgan fingerprint density at radius 3 is 2.78 bits per heavy atom. The number of esters is 1. The maximum absolute atomic E-state index is 12.6. The molecule has 2 rings (SSSR count). The molecule has 0 spiro atoms. The summed E-state index contributed by atoms with van der Waals surface area (Å²) >= 11 is 0. The average Bonchev–Trinajstić information content (AvgIpc) is 3.10. The highest BCUT2D eigenvalue weighted by atomic mass is 32.2. The smallest absolute Gasteiger partial charge is 0.354 e. The number of carbonyl (C=O) groups is 1. The van der Waals surface area contributed by atoms with Crippen LogP contribution in [0.2, 0.25) is 0 Å². The molecule has 1 atom stereocenters. The largest absolute Gasteiger partial charge is 0.464 e. The molecule has 0 aliphatic carbocycles. The summed E-state index contributed by atoms with van der Waals surface area (Å²) in [4.78, 5) is 14.1. The van der Waals surface area contributed by atoms with Crippen molar-refractivity contribution in [3.05, 3.63) is 17.5 Å². The second-order valence-electron chi connectivity index (χ2n) is 5.81. The number of likely N-dealkylation sites (tertiary alicyclic amines) is 1. The highest BCUT2D eigenvalue weighted by molar-refractivity contribution is 7.89. The first-order valence-electron chi connectivity index (χ1n) is 7.80. The van der Waals surface area contributed by atoms with E-state index in [1.54, 1.807) is 14.0 Å². The minimum Gasteiger partial charge on any atom is -0.464 e. The molecule has 0 amide bonds. The van der Waals surface area contributed by atoms with Crippen LogP contribution in [0, 0.1) is 6.92 Å². The van der Waals surface area contributed by atoms with E-state index in [9.17, 15) is 13.2 Å². The first-order valence-corrected chi connectivity index (χ1v) is 9.28. The van der Waals surface area contributed by atoms with Gasteiger partial charge in [-0.2, -0.15) is 0 Å². The molecule has 0 radical (unpaired) electrons. The minimum atomic E-state index is -3.66. The van der Waals surface area contributed by atoms with Crippen LogP contribution in [0.5, 0.6) is 0 Å². The van der Waals surface area contributed by atoms with Gasteiger partial charge in [-0.25, -0.2) is 17.9 Å². The molecule has 130 valence electrons. The van der Waals surface area contributed by atoms with Crippen molar-refractivity contribution in [2.24, 2.45) is 7.05 Å². The Hall–Kier alpha value is -1.38. The fraction of sp³-hybridized carbons (Fsp3) is 0.667. The standard InChI is InChI=1S/C15H25N3O4S/c1-5-18-8-6-7-12(18)10-16-23(20,21)14-9-13(15(19)22-4)17(3)11(14)2/h9,12,16H,5-8,10H2,1-4H3/t12-/m1/s1. The summed E-state index contributed by atoms with van der Waals surface area (Å²) in [6.45, 7) is 6.08. The van der Waals surface area contributed by atoms with E-state index in [2.05, 4.69) is 21.3 Å². The molecule has 8 heteroatoms. The van der Waals surface area contributed by atoms with E-state index in [-0.39, 0.29) is 16.6 Å². The summed E-state index contributed by atoms with van der Waals surface area (Å²) in [6.07, 6.45) is 2.09. The summed E-state index contributed by atoms with van der Waals surface area (Å²) in [5.41, 5.74) is 0.734. The van der Waals surface area contributed by atoms with Crippen molar-refractivity contribution in [2.45, 2.75) is 37.6 Å². The number of hydrogen-bond donors (Lipinski definition) is 1. The zero-order valence-corrected chi connectivity index (χ0v) is 14.9. The summed E-state index contributed by atoms with van der Waals surface area (Å²) in [5, 5.41) is 0. The van der Waals surface area contributed by atoms with Crippen LogP contribution in [-0.4, -0.2) is 56.6 Å². The number of likely N-dealkylation sites (N-methyl/N-ethyl adjacent to an activating group) is 1. The quantitative estimate of drug-likeness (QED) is 0.776. The van der Waals surface area contributed by atoms with Crippen LogP contribution in [0.3, 0.4) is 0 Å². The highest BCUT2D eigenvalue weighted by Gasteiger charge is 2.28. The third-order valence-corrected chi connectivity index (χ3v) is 6.13. The van der Waals surface area contributed by atoms with Gasteiger partial charge in [0.1, 0.15) is 10.6 Å². The zero-order chi connectivity index (χ0) is 17.2. The average molecular weight is 343 g/mol. The van der Waals surface area contributed by atoms with Gasteiger partial charge in [0, 0.05) is 25.3 Å². The summed E-state index contributed by atoms with van der Waals surface area (Å²) in [6, 6.07) is 1.61. The Morgan fingerprint density at radius 2 is 2.17 bits per heavy atom. The Morgan fingerprint density at radius 1 is 1.48 bits per heavy atom. The molecule has 23 heavy (non-hydrogen) atoms. The van der Waals surface area contributed by atoms with Crippen molar-refractivity contribution in [1.29, 1.82) is 0 Å². The maximum atomic E-state index is 12.6. The van der Waals surface area contributed by atoms with Gasteiger partial charge < -0.3 is 9.30 Å². The van der Waals surface area contributed by atoms with E-state index in [0.717, 1.165) is 25.9 Å². The van der Waals surface area contributed by atoms with Gasteiger partial charge in [-0.05, 0) is 38.9 Å². The van der Waals surface area contributed by atoms with Crippen molar-refractivity contribution < 1.29 is 17.9 Å². The molecular formula is C15H25N3O4S. The second-order valence-corrected chi connectivity index (χ2v) is 7.54. The van der Waals surface area contributed by atoms with E-state index in [0.29, 0.717) is 12.2 Å². The lowest BCUT2D eigenvalue weighted by atomic mass is 10.2. The number of rotatable bonds is 6. The van der Waals surface area contributed by atoms with E-state index >= 15 is 0 Å². The monoisotopic (exact) mass is 343 g/mol. The van der Waals surface area contributed by atoms with Crippen LogP contribution in [0.25, 0.3) is 0 Å². The molecule has 0 unspecified atom stereocenters. The van der Waals surface area contributed by atoms with E-state index < -0.39 is 16.0 Å². The lowest BCUT2D eigenvalue weighted by Crippen LogP contribution is -2.40. The van der Waals surface area contributed by atoms with Crippen LogP contribution in [0.1, 0.15) is 35.9 Å². The zero-order valence-electron chi connectivity index (χ0n) is 14.1. The number of nitrogens with zero attached hydrogens (tertiary/aromatic N) is 2. The van der Waals surface area contributed by atoms with Crippen molar-refractivity contribution in [1.82, 2.24) is 14.2 Å². The molecule has 0 saturated carbocycles. The lowest BCUT2D eigenvalue weighted by molar-refractivity contribution is 0.0589. The van der Waals surface area contributed by atoms with Gasteiger partial charge in [-0.3, -0.25) is 4.90 Å². The number of ether oxygens (including phenoxy) is 1. The molecule has 1 fully saturated rings. The van der Waals surface area contributed by atoms with Gasteiger partial charge in [0.25, 0.3) is 0 Å². The molecule has 0 bridgehead atoms. The van der Waals surface area contributed by atoms with Crippen LogP contribution >= 0.6 is 0 Å². The first kappa shape index (κ1) is 18.0. The van der Waals surface area contributed by atoms with Crippen molar-refractivity contribution in [2.75, 3.05) is 26.7 Å². The predicted molar refractivity (Wildman–Crippen MR) is 86.9 cm³/mol. The molecular weight excluding hydrogens is 318 g/mol. The maximum Gasteiger partial charge on any atom is 0.354 e. The molecule has 1 aromatic heterocycles. The molecule has 1 saturated heterocycles. The number of nitrogens with one attached hydrogen (secondary N) is 1. The fourth-order valence-electron chi connectivity index (χ4n) is 3.07. The molecule has 2 heterocycles. The Labute approximate surface area is 137 Å². The van der Waals surface area contributed by atoms with Gasteiger partial charge >= 0.3 is 5.97 Å². The number of sulfonamides is 1. The van der Waals surface area contributed by atoms with Crippen LogP contribution in [0.15, 0.2) is 11.0 Å². The number of carbonyl (C=O) groups excluding carboxylic acids is 1. The van der Waals surface area contributed by atoms with E-state index in [1.165, 1.54) is 17.7 Å². The van der Waals surface area contributed by atoms with Gasteiger partial charge in [0.15, 0.2) is 0 Å². The first-order chi connectivity index (χ1) is 10.8. The van der Waals surface area contributed by atoms with Gasteiger partial charge in [0.05, 0.1) is 7.11 Å². The Kier molecular flexibility index (Phi) is 5.49. The number of hydrogen-bond acceptors (Lipinski definition) is 5. The molecule has 1 aromatic rings. The highest BCUT2D eigenvalue weighted by Crippen LogP contribution is 2.21. The van der Waals surface area contributed by atoms with Gasteiger partial charge in [-0.1, -0.05) is 6.92 Å². The van der Waals surface area contributed by atoms with Crippen molar-refractivity contribution in [3.63, 3.8) is 0 Å². The fourth-order valence-corrected chi connectivity index (χ4v) is 4.43.